The number of rotatable bonds is 2. The zero-order chi connectivity index (χ0) is 13.4. The molecule has 0 radical (unpaired) electrons. The van der Waals surface area contributed by atoms with E-state index in [0.29, 0.717) is 0 Å². The van der Waals surface area contributed by atoms with Crippen LogP contribution in [0.2, 0.25) is 0 Å². The number of benzene rings is 1. The number of nitrogens with zero attached hydrogens (tertiary/aromatic N) is 2. The minimum absolute atomic E-state index is 0.0430. The van der Waals surface area contributed by atoms with E-state index in [9.17, 15) is 4.79 Å². The van der Waals surface area contributed by atoms with Gasteiger partial charge < -0.3 is 9.75 Å². The van der Waals surface area contributed by atoms with Gasteiger partial charge in [-0.3, -0.25) is 4.79 Å². The first kappa shape index (κ1) is 12.1. The lowest BCUT2D eigenvalue weighted by Crippen LogP contribution is -2.39. The molecule has 0 spiro atoms. The minimum atomic E-state index is 0.0430. The van der Waals surface area contributed by atoms with Crippen molar-refractivity contribution in [3.05, 3.63) is 40.3 Å². The van der Waals surface area contributed by atoms with Gasteiger partial charge in [0, 0.05) is 18.5 Å². The zero-order valence-corrected chi connectivity index (χ0v) is 11.3. The van der Waals surface area contributed by atoms with E-state index in [4.69, 9.17) is 4.74 Å². The molecular weight excluding hydrogens is 240 g/mol. The molecule has 100 valence electrons. The second-order valence-corrected chi connectivity index (χ2v) is 5.06. The Hall–Kier alpha value is -1.97. The van der Waals surface area contributed by atoms with E-state index < -0.39 is 0 Å². The van der Waals surface area contributed by atoms with Gasteiger partial charge in [0.1, 0.15) is 5.75 Å². The summed E-state index contributed by atoms with van der Waals surface area (Å²) < 4.78 is 7.15. The van der Waals surface area contributed by atoms with Crippen molar-refractivity contribution in [3.8, 4) is 5.75 Å². The Morgan fingerprint density at radius 1 is 1.16 bits per heavy atom. The van der Waals surface area contributed by atoms with Crippen molar-refractivity contribution in [3.63, 3.8) is 0 Å². The van der Waals surface area contributed by atoms with Crippen molar-refractivity contribution in [1.29, 1.82) is 0 Å². The lowest BCUT2D eigenvalue weighted by molar-refractivity contribution is 0.413. The standard InChI is InChI=1S/C15H18N2O2/c1-11-5-6-12-13(9-11)15(18)17(10-14(12)19-2)16-7-3-4-8-16/h5-6,9-10H,3-4,7-8H2,1-2H3. The Morgan fingerprint density at radius 3 is 2.58 bits per heavy atom. The summed E-state index contributed by atoms with van der Waals surface area (Å²) in [4.78, 5) is 12.6. The molecule has 0 atom stereocenters. The highest BCUT2D eigenvalue weighted by molar-refractivity contribution is 5.87. The van der Waals surface area contributed by atoms with Crippen molar-refractivity contribution in [2.45, 2.75) is 19.8 Å². The van der Waals surface area contributed by atoms with Crippen LogP contribution in [-0.4, -0.2) is 24.9 Å². The zero-order valence-electron chi connectivity index (χ0n) is 11.3. The van der Waals surface area contributed by atoms with E-state index in [-0.39, 0.29) is 5.56 Å². The first-order valence-corrected chi connectivity index (χ1v) is 6.66. The van der Waals surface area contributed by atoms with Crippen molar-refractivity contribution in [2.24, 2.45) is 0 Å². The van der Waals surface area contributed by atoms with Gasteiger partial charge in [0.2, 0.25) is 0 Å². The van der Waals surface area contributed by atoms with E-state index in [1.54, 1.807) is 11.8 Å². The van der Waals surface area contributed by atoms with Crippen LogP contribution in [0.4, 0.5) is 0 Å². The molecule has 0 saturated carbocycles. The summed E-state index contributed by atoms with van der Waals surface area (Å²) in [6, 6.07) is 5.90. The van der Waals surface area contributed by atoms with Crippen molar-refractivity contribution in [2.75, 3.05) is 25.2 Å². The van der Waals surface area contributed by atoms with Gasteiger partial charge in [0.15, 0.2) is 0 Å². The van der Waals surface area contributed by atoms with Gasteiger partial charge in [-0.05, 0) is 25.8 Å². The van der Waals surface area contributed by atoms with Crippen LogP contribution in [0.5, 0.6) is 5.75 Å². The molecule has 3 rings (SSSR count). The first-order chi connectivity index (χ1) is 9.20. The van der Waals surface area contributed by atoms with Crippen LogP contribution >= 0.6 is 0 Å². The molecule has 0 aliphatic carbocycles. The van der Waals surface area contributed by atoms with Gasteiger partial charge in [-0.25, -0.2) is 4.68 Å². The monoisotopic (exact) mass is 258 g/mol. The third-order valence-corrected chi connectivity index (χ3v) is 3.73. The summed E-state index contributed by atoms with van der Waals surface area (Å²) >= 11 is 0. The lowest BCUT2D eigenvalue weighted by atomic mass is 10.1. The van der Waals surface area contributed by atoms with Crippen LogP contribution in [-0.2, 0) is 0 Å². The quantitative estimate of drug-likeness (QED) is 0.827. The fourth-order valence-electron chi connectivity index (χ4n) is 2.70. The molecule has 2 aromatic rings. The van der Waals surface area contributed by atoms with Crippen molar-refractivity contribution in [1.82, 2.24) is 4.68 Å². The third kappa shape index (κ3) is 1.97. The third-order valence-electron chi connectivity index (χ3n) is 3.73. The highest BCUT2D eigenvalue weighted by atomic mass is 16.5. The fraction of sp³-hybridized carbons (Fsp3) is 0.400. The van der Waals surface area contributed by atoms with Crippen LogP contribution < -0.4 is 15.3 Å². The fourth-order valence-corrected chi connectivity index (χ4v) is 2.70. The van der Waals surface area contributed by atoms with Crippen LogP contribution in [0, 0.1) is 6.92 Å². The van der Waals surface area contributed by atoms with Gasteiger partial charge in [0.25, 0.3) is 5.56 Å². The van der Waals surface area contributed by atoms with Crippen LogP contribution in [0.1, 0.15) is 18.4 Å². The van der Waals surface area contributed by atoms with E-state index >= 15 is 0 Å². The van der Waals surface area contributed by atoms with Gasteiger partial charge >= 0.3 is 0 Å². The summed E-state index contributed by atoms with van der Waals surface area (Å²) in [7, 11) is 1.65. The van der Waals surface area contributed by atoms with E-state index in [0.717, 1.165) is 48.0 Å². The lowest BCUT2D eigenvalue weighted by Gasteiger charge is -2.21. The molecule has 1 aromatic carbocycles. The number of aromatic nitrogens is 1. The summed E-state index contributed by atoms with van der Waals surface area (Å²) in [6.07, 6.45) is 4.09. The molecule has 1 aliphatic heterocycles. The SMILES string of the molecule is COc1cn(N2CCCC2)c(=O)c2cc(C)ccc12. The molecule has 0 N–H and O–H groups in total. The molecule has 19 heavy (non-hydrogen) atoms. The summed E-state index contributed by atoms with van der Waals surface area (Å²) in [5, 5.41) is 3.70. The molecule has 0 amide bonds. The van der Waals surface area contributed by atoms with Gasteiger partial charge in [-0.1, -0.05) is 17.7 Å². The summed E-state index contributed by atoms with van der Waals surface area (Å²) in [5.74, 6) is 0.751. The van der Waals surface area contributed by atoms with Crippen LogP contribution in [0.15, 0.2) is 29.2 Å². The maximum Gasteiger partial charge on any atom is 0.277 e. The molecule has 0 bridgehead atoms. The van der Waals surface area contributed by atoms with Gasteiger partial charge in [0.05, 0.1) is 18.7 Å². The number of aryl methyl sites for hydroxylation is 1. The molecular formula is C15H18N2O2. The largest absolute Gasteiger partial charge is 0.494 e. The average molecular weight is 258 g/mol. The Balaban J connectivity index is 2.28. The predicted molar refractivity (Wildman–Crippen MR) is 76.7 cm³/mol. The average Bonchev–Trinajstić information content (AvgIpc) is 2.93. The molecule has 1 aliphatic rings. The molecule has 1 saturated heterocycles. The minimum Gasteiger partial charge on any atom is -0.494 e. The number of hydrogen-bond acceptors (Lipinski definition) is 3. The van der Waals surface area contributed by atoms with Crippen molar-refractivity contribution < 1.29 is 4.74 Å². The Morgan fingerprint density at radius 2 is 1.89 bits per heavy atom. The van der Waals surface area contributed by atoms with Crippen LogP contribution in [0.3, 0.4) is 0 Å². The maximum absolute atomic E-state index is 12.6. The molecule has 1 fully saturated rings. The Bertz CT molecular complexity index is 670. The topological polar surface area (TPSA) is 34.5 Å². The molecule has 4 nitrogen and oxygen atoms in total. The van der Waals surface area contributed by atoms with Crippen LogP contribution in [0.25, 0.3) is 10.8 Å². The van der Waals surface area contributed by atoms with E-state index in [1.807, 2.05) is 31.3 Å². The van der Waals surface area contributed by atoms with E-state index in [1.165, 1.54) is 0 Å². The normalized spacial score (nSPS) is 15.2. The number of fused-ring (bicyclic) bond motifs is 1. The van der Waals surface area contributed by atoms with E-state index in [2.05, 4.69) is 5.01 Å². The molecule has 0 unspecified atom stereocenters. The number of pyridine rings is 1. The maximum atomic E-state index is 12.6. The van der Waals surface area contributed by atoms with Gasteiger partial charge in [-0.15, -0.1) is 0 Å². The highest BCUT2D eigenvalue weighted by Crippen LogP contribution is 2.24. The summed E-state index contributed by atoms with van der Waals surface area (Å²) in [6.45, 7) is 3.86. The smallest absolute Gasteiger partial charge is 0.277 e. The number of hydrogen-bond donors (Lipinski definition) is 0. The first-order valence-electron chi connectivity index (χ1n) is 6.66. The van der Waals surface area contributed by atoms with Crippen molar-refractivity contribution >= 4 is 10.8 Å². The molecule has 4 heteroatoms. The second-order valence-electron chi connectivity index (χ2n) is 5.06. The highest BCUT2D eigenvalue weighted by Gasteiger charge is 2.17. The molecule has 1 aromatic heterocycles. The number of ether oxygens (including phenoxy) is 1. The van der Waals surface area contributed by atoms with Gasteiger partial charge in [-0.2, -0.15) is 0 Å². The Labute approximate surface area is 112 Å². The second kappa shape index (κ2) is 4.61. The predicted octanol–water partition coefficient (Wildman–Crippen LogP) is 2.05. The summed E-state index contributed by atoms with van der Waals surface area (Å²) in [5.41, 5.74) is 1.13. The Kier molecular flexibility index (Phi) is 2.93. The number of methoxy groups -OCH3 is 1. The molecule has 2 heterocycles.